The number of hydrogen-bond acceptors (Lipinski definition) is 2. The maximum Gasteiger partial charge on any atom is 0.0464 e. The molecule has 0 aliphatic heterocycles. The van der Waals surface area contributed by atoms with Gasteiger partial charge in [0.15, 0.2) is 0 Å². The first-order valence-corrected chi connectivity index (χ1v) is 7.47. The molecule has 1 nitrogen and oxygen atoms in total. The van der Waals surface area contributed by atoms with Crippen molar-refractivity contribution in [2.45, 2.75) is 19.5 Å². The molecule has 0 spiro atoms. The normalized spacial score (nSPS) is 12.6. The van der Waals surface area contributed by atoms with Crippen LogP contribution in [-0.2, 0) is 6.54 Å². The third-order valence-corrected chi connectivity index (χ3v) is 4.17. The minimum Gasteiger partial charge on any atom is -0.306 e. The van der Waals surface area contributed by atoms with E-state index < -0.39 is 0 Å². The summed E-state index contributed by atoms with van der Waals surface area (Å²) in [4.78, 5) is 0. The fourth-order valence-electron chi connectivity index (χ4n) is 1.63. The Bertz CT molecular complexity index is 484. The van der Waals surface area contributed by atoms with E-state index in [2.05, 4.69) is 51.1 Å². The van der Waals surface area contributed by atoms with E-state index in [9.17, 15) is 0 Å². The number of thiophene rings is 1. The molecule has 1 aromatic carbocycles. The van der Waals surface area contributed by atoms with E-state index in [1.165, 1.54) is 5.56 Å². The Balaban J connectivity index is 2.01. The molecule has 1 unspecified atom stereocenters. The molecule has 1 heterocycles. The van der Waals surface area contributed by atoms with Crippen molar-refractivity contribution in [2.24, 2.45) is 0 Å². The van der Waals surface area contributed by atoms with Crippen molar-refractivity contribution >= 4 is 38.9 Å². The topological polar surface area (TPSA) is 12.0 Å². The lowest BCUT2D eigenvalue weighted by molar-refractivity contribution is 0.575. The zero-order valence-corrected chi connectivity index (χ0v) is 12.6. The van der Waals surface area contributed by atoms with E-state index in [1.54, 1.807) is 11.3 Å². The summed E-state index contributed by atoms with van der Waals surface area (Å²) in [5, 5.41) is 8.51. The quantitative estimate of drug-likeness (QED) is 0.830. The Morgan fingerprint density at radius 3 is 2.88 bits per heavy atom. The van der Waals surface area contributed by atoms with Crippen molar-refractivity contribution in [2.75, 3.05) is 0 Å². The van der Waals surface area contributed by atoms with Crippen molar-refractivity contribution < 1.29 is 0 Å². The summed E-state index contributed by atoms with van der Waals surface area (Å²) in [6, 6.07) is 8.38. The molecule has 0 saturated heterocycles. The highest BCUT2D eigenvalue weighted by molar-refractivity contribution is 9.10. The van der Waals surface area contributed by atoms with Crippen molar-refractivity contribution in [3.8, 4) is 0 Å². The minimum absolute atomic E-state index is 0.246. The van der Waals surface area contributed by atoms with Gasteiger partial charge in [-0.1, -0.05) is 33.6 Å². The lowest BCUT2D eigenvalue weighted by Crippen LogP contribution is -2.18. The van der Waals surface area contributed by atoms with E-state index >= 15 is 0 Å². The van der Waals surface area contributed by atoms with Gasteiger partial charge >= 0.3 is 0 Å². The second-order valence-electron chi connectivity index (χ2n) is 3.90. The summed E-state index contributed by atoms with van der Waals surface area (Å²) < 4.78 is 1.01. The molecule has 0 aliphatic carbocycles. The van der Waals surface area contributed by atoms with Crippen LogP contribution in [0.1, 0.15) is 24.1 Å². The maximum atomic E-state index is 6.22. The van der Waals surface area contributed by atoms with Gasteiger partial charge in [0.05, 0.1) is 0 Å². The molecule has 0 radical (unpaired) electrons. The van der Waals surface area contributed by atoms with Crippen LogP contribution in [0.5, 0.6) is 0 Å². The SMILES string of the molecule is CC(NCc1ccsc1)c1ccc(Br)cc1Cl. The molecule has 90 valence electrons. The first-order valence-electron chi connectivity index (χ1n) is 5.36. The molecular formula is C13H13BrClNS. The molecule has 2 aromatic rings. The van der Waals surface area contributed by atoms with Gasteiger partial charge in [-0.3, -0.25) is 0 Å². The Hall–Kier alpha value is -0.350. The summed E-state index contributed by atoms with van der Waals surface area (Å²) in [5.74, 6) is 0. The smallest absolute Gasteiger partial charge is 0.0464 e. The molecule has 1 N–H and O–H groups in total. The van der Waals surface area contributed by atoms with Gasteiger partial charge in [-0.2, -0.15) is 11.3 Å². The molecule has 0 saturated carbocycles. The van der Waals surface area contributed by atoms with E-state index in [0.29, 0.717) is 0 Å². The number of halogens is 2. The van der Waals surface area contributed by atoms with Crippen LogP contribution in [-0.4, -0.2) is 0 Å². The van der Waals surface area contributed by atoms with Gasteiger partial charge in [-0.25, -0.2) is 0 Å². The summed E-state index contributed by atoms with van der Waals surface area (Å²) in [6.45, 7) is 3.00. The zero-order valence-electron chi connectivity index (χ0n) is 9.41. The van der Waals surface area contributed by atoms with Crippen LogP contribution in [0, 0.1) is 0 Å². The first-order chi connectivity index (χ1) is 8.16. The van der Waals surface area contributed by atoms with Crippen molar-refractivity contribution in [1.82, 2.24) is 5.32 Å². The summed E-state index contributed by atoms with van der Waals surface area (Å²) in [7, 11) is 0. The maximum absolute atomic E-state index is 6.22. The highest BCUT2D eigenvalue weighted by Crippen LogP contribution is 2.26. The molecule has 0 bridgehead atoms. The highest BCUT2D eigenvalue weighted by Gasteiger charge is 2.09. The van der Waals surface area contributed by atoms with E-state index in [-0.39, 0.29) is 6.04 Å². The highest BCUT2D eigenvalue weighted by atomic mass is 79.9. The van der Waals surface area contributed by atoms with Gasteiger partial charge in [0.2, 0.25) is 0 Å². The summed E-state index contributed by atoms with van der Waals surface area (Å²) >= 11 is 11.3. The van der Waals surface area contributed by atoms with E-state index in [4.69, 9.17) is 11.6 Å². The standard InChI is InChI=1S/C13H13BrClNS/c1-9(16-7-10-4-5-17-8-10)12-3-2-11(14)6-13(12)15/h2-6,8-9,16H,7H2,1H3. The number of hydrogen-bond donors (Lipinski definition) is 1. The monoisotopic (exact) mass is 329 g/mol. The van der Waals surface area contributed by atoms with Gasteiger partial charge in [-0.15, -0.1) is 0 Å². The van der Waals surface area contributed by atoms with E-state index in [1.807, 2.05) is 12.1 Å². The van der Waals surface area contributed by atoms with Gasteiger partial charge in [0.1, 0.15) is 0 Å². The van der Waals surface area contributed by atoms with Crippen molar-refractivity contribution in [3.63, 3.8) is 0 Å². The van der Waals surface area contributed by atoms with Crippen LogP contribution in [0.3, 0.4) is 0 Å². The molecule has 1 atom stereocenters. The summed E-state index contributed by atoms with van der Waals surface area (Å²) in [6.07, 6.45) is 0. The van der Waals surface area contributed by atoms with Gasteiger partial charge in [0, 0.05) is 22.1 Å². The number of benzene rings is 1. The number of rotatable bonds is 4. The third kappa shape index (κ3) is 3.55. The molecule has 0 fully saturated rings. The van der Waals surface area contributed by atoms with Gasteiger partial charge in [-0.05, 0) is 47.0 Å². The molecule has 17 heavy (non-hydrogen) atoms. The second-order valence-corrected chi connectivity index (χ2v) is 6.00. The van der Waals surface area contributed by atoms with Crippen LogP contribution in [0.25, 0.3) is 0 Å². The molecule has 4 heteroatoms. The van der Waals surface area contributed by atoms with Gasteiger partial charge < -0.3 is 5.32 Å². The van der Waals surface area contributed by atoms with Crippen molar-refractivity contribution in [3.05, 3.63) is 55.6 Å². The Morgan fingerprint density at radius 2 is 2.24 bits per heavy atom. The van der Waals surface area contributed by atoms with Crippen LogP contribution in [0.2, 0.25) is 5.02 Å². The second kappa shape index (κ2) is 6.01. The average Bonchev–Trinajstić information content (AvgIpc) is 2.78. The molecule has 2 rings (SSSR count). The van der Waals surface area contributed by atoms with Crippen molar-refractivity contribution in [1.29, 1.82) is 0 Å². The molecule has 0 amide bonds. The predicted molar refractivity (Wildman–Crippen MR) is 78.7 cm³/mol. The third-order valence-electron chi connectivity index (χ3n) is 2.62. The van der Waals surface area contributed by atoms with Crippen LogP contribution >= 0.6 is 38.9 Å². The predicted octanol–water partition coefficient (Wildman–Crippen LogP) is 5.01. The fraction of sp³-hybridized carbons (Fsp3) is 0.231. The van der Waals surface area contributed by atoms with Crippen LogP contribution < -0.4 is 5.32 Å². The summed E-state index contributed by atoms with van der Waals surface area (Å²) in [5.41, 5.74) is 2.44. The largest absolute Gasteiger partial charge is 0.306 e. The van der Waals surface area contributed by atoms with E-state index in [0.717, 1.165) is 21.6 Å². The molecule has 0 aliphatic rings. The van der Waals surface area contributed by atoms with Crippen LogP contribution in [0.15, 0.2) is 39.5 Å². The Labute approximate surface area is 119 Å². The molecule has 1 aromatic heterocycles. The first kappa shape index (κ1) is 13.1. The molecular weight excluding hydrogens is 318 g/mol. The fourth-order valence-corrected chi connectivity index (χ4v) is 3.13. The van der Waals surface area contributed by atoms with Crippen LogP contribution in [0.4, 0.5) is 0 Å². The Kier molecular flexibility index (Phi) is 4.62. The van der Waals surface area contributed by atoms with Gasteiger partial charge in [0.25, 0.3) is 0 Å². The average molecular weight is 331 g/mol. The zero-order chi connectivity index (χ0) is 12.3. The number of nitrogens with one attached hydrogen (secondary N) is 1. The lowest BCUT2D eigenvalue weighted by Gasteiger charge is -2.15. The lowest BCUT2D eigenvalue weighted by atomic mass is 10.1. The Morgan fingerprint density at radius 1 is 1.41 bits per heavy atom. The minimum atomic E-state index is 0.246.